The Morgan fingerprint density at radius 3 is 2.80 bits per heavy atom. The maximum atomic E-state index is 5.65. The van der Waals surface area contributed by atoms with E-state index in [9.17, 15) is 0 Å². The van der Waals surface area contributed by atoms with E-state index in [1.807, 2.05) is 7.05 Å². The molecule has 1 rings (SSSR count). The normalized spacial score (nSPS) is 26.4. The van der Waals surface area contributed by atoms with E-state index in [0.29, 0.717) is 11.3 Å². The fourth-order valence-corrected chi connectivity index (χ4v) is 2.06. The van der Waals surface area contributed by atoms with Crippen LogP contribution in [0.3, 0.4) is 0 Å². The summed E-state index contributed by atoms with van der Waals surface area (Å²) in [6.45, 7) is 8.94. The molecular weight excluding hydrogens is 190 g/mol. The summed E-state index contributed by atoms with van der Waals surface area (Å²) in [5.74, 6) is 0.630. The molecule has 0 aromatic rings. The first-order valence-corrected chi connectivity index (χ1v) is 5.99. The van der Waals surface area contributed by atoms with Crippen LogP contribution in [0.1, 0.15) is 26.7 Å². The van der Waals surface area contributed by atoms with Gasteiger partial charge in [-0.25, -0.2) is 0 Å². The first-order valence-electron chi connectivity index (χ1n) is 5.99. The molecule has 0 aromatic carbocycles. The van der Waals surface area contributed by atoms with Crippen LogP contribution in [0.2, 0.25) is 0 Å². The summed E-state index contributed by atoms with van der Waals surface area (Å²) in [7, 11) is 2.01. The van der Waals surface area contributed by atoms with Gasteiger partial charge in [0.25, 0.3) is 0 Å². The fraction of sp³-hybridized carbons (Fsp3) is 1.00. The molecule has 1 N–H and O–H groups in total. The van der Waals surface area contributed by atoms with Gasteiger partial charge in [0.15, 0.2) is 0 Å². The van der Waals surface area contributed by atoms with Gasteiger partial charge in [0.05, 0.1) is 6.61 Å². The molecule has 0 aromatic heterocycles. The van der Waals surface area contributed by atoms with Crippen molar-refractivity contribution in [3.05, 3.63) is 0 Å². The highest BCUT2D eigenvalue weighted by Crippen LogP contribution is 2.31. The van der Waals surface area contributed by atoms with Gasteiger partial charge in [-0.3, -0.25) is 0 Å². The van der Waals surface area contributed by atoms with Crippen LogP contribution in [0.25, 0.3) is 0 Å². The molecule has 90 valence electrons. The number of hydrogen-bond acceptors (Lipinski definition) is 3. The Morgan fingerprint density at radius 1 is 1.47 bits per heavy atom. The zero-order valence-corrected chi connectivity index (χ0v) is 10.3. The molecular formula is C12H25NO2. The second-order valence-electron chi connectivity index (χ2n) is 5.05. The van der Waals surface area contributed by atoms with Crippen molar-refractivity contribution in [2.24, 2.45) is 11.3 Å². The lowest BCUT2D eigenvalue weighted by Gasteiger charge is -2.27. The molecule has 1 unspecified atom stereocenters. The predicted octanol–water partition coefficient (Wildman–Crippen LogP) is 1.68. The second-order valence-corrected chi connectivity index (χ2v) is 5.05. The molecule has 1 fully saturated rings. The van der Waals surface area contributed by atoms with Gasteiger partial charge in [-0.1, -0.05) is 13.8 Å². The van der Waals surface area contributed by atoms with Crippen molar-refractivity contribution in [1.82, 2.24) is 5.32 Å². The lowest BCUT2D eigenvalue weighted by Crippen LogP contribution is -2.34. The summed E-state index contributed by atoms with van der Waals surface area (Å²) in [4.78, 5) is 0. The summed E-state index contributed by atoms with van der Waals surface area (Å²) >= 11 is 0. The van der Waals surface area contributed by atoms with Crippen molar-refractivity contribution in [2.45, 2.75) is 26.7 Å². The lowest BCUT2D eigenvalue weighted by molar-refractivity contribution is 0.0681. The van der Waals surface area contributed by atoms with Gasteiger partial charge in [-0.2, -0.15) is 0 Å². The van der Waals surface area contributed by atoms with Crippen LogP contribution in [0, 0.1) is 11.3 Å². The van der Waals surface area contributed by atoms with Crippen LogP contribution in [0.4, 0.5) is 0 Å². The molecule has 1 heterocycles. The highest BCUT2D eigenvalue weighted by atomic mass is 16.5. The zero-order valence-electron chi connectivity index (χ0n) is 10.3. The Labute approximate surface area is 93.5 Å². The molecule has 1 aliphatic heterocycles. The predicted molar refractivity (Wildman–Crippen MR) is 62.1 cm³/mol. The number of ether oxygens (including phenoxy) is 2. The van der Waals surface area contributed by atoms with Crippen LogP contribution in [-0.2, 0) is 9.47 Å². The smallest absolute Gasteiger partial charge is 0.0536 e. The Balaban J connectivity index is 2.20. The van der Waals surface area contributed by atoms with E-state index in [0.717, 1.165) is 39.4 Å². The molecule has 0 amide bonds. The van der Waals surface area contributed by atoms with Crippen LogP contribution in [0.15, 0.2) is 0 Å². The molecule has 1 aliphatic rings. The lowest BCUT2D eigenvalue weighted by atomic mass is 9.84. The molecule has 0 bridgehead atoms. The van der Waals surface area contributed by atoms with Crippen LogP contribution < -0.4 is 5.32 Å². The minimum atomic E-state index is 0.325. The van der Waals surface area contributed by atoms with Crippen molar-refractivity contribution in [1.29, 1.82) is 0 Å². The van der Waals surface area contributed by atoms with Gasteiger partial charge in [0.2, 0.25) is 0 Å². The van der Waals surface area contributed by atoms with E-state index >= 15 is 0 Å². The molecule has 3 heteroatoms. The SMILES string of the molecule is CNCC1(CCOCC(C)C)CCOC1. The van der Waals surface area contributed by atoms with Crippen molar-refractivity contribution in [2.75, 3.05) is 40.0 Å². The Morgan fingerprint density at radius 2 is 2.27 bits per heavy atom. The Hall–Kier alpha value is -0.120. The van der Waals surface area contributed by atoms with E-state index in [2.05, 4.69) is 19.2 Å². The molecule has 0 aliphatic carbocycles. The molecule has 0 radical (unpaired) electrons. The average molecular weight is 215 g/mol. The van der Waals surface area contributed by atoms with Gasteiger partial charge in [-0.05, 0) is 25.8 Å². The molecule has 0 saturated carbocycles. The summed E-state index contributed by atoms with van der Waals surface area (Å²) in [6, 6.07) is 0. The quantitative estimate of drug-likeness (QED) is 0.655. The first-order chi connectivity index (χ1) is 7.18. The highest BCUT2D eigenvalue weighted by molar-refractivity contribution is 4.84. The monoisotopic (exact) mass is 215 g/mol. The van der Waals surface area contributed by atoms with Crippen molar-refractivity contribution in [3.8, 4) is 0 Å². The van der Waals surface area contributed by atoms with Crippen molar-refractivity contribution in [3.63, 3.8) is 0 Å². The largest absolute Gasteiger partial charge is 0.381 e. The van der Waals surface area contributed by atoms with Gasteiger partial charge in [-0.15, -0.1) is 0 Å². The molecule has 1 atom stereocenters. The fourth-order valence-electron chi connectivity index (χ4n) is 2.06. The number of nitrogens with one attached hydrogen (secondary N) is 1. The Kier molecular flexibility index (Phi) is 5.58. The zero-order chi connectivity index (χ0) is 11.1. The van der Waals surface area contributed by atoms with Gasteiger partial charge in [0.1, 0.15) is 0 Å². The highest BCUT2D eigenvalue weighted by Gasteiger charge is 2.33. The summed E-state index contributed by atoms with van der Waals surface area (Å²) in [5.41, 5.74) is 0.325. The molecule has 0 spiro atoms. The minimum Gasteiger partial charge on any atom is -0.381 e. The van der Waals surface area contributed by atoms with E-state index in [1.54, 1.807) is 0 Å². The average Bonchev–Trinajstić information content (AvgIpc) is 2.62. The molecule has 1 saturated heterocycles. The second kappa shape index (κ2) is 6.46. The van der Waals surface area contributed by atoms with Crippen molar-refractivity contribution >= 4 is 0 Å². The number of hydrogen-bond donors (Lipinski definition) is 1. The Bertz CT molecular complexity index is 165. The maximum absolute atomic E-state index is 5.65. The van der Waals surface area contributed by atoms with Crippen LogP contribution in [-0.4, -0.2) is 40.0 Å². The topological polar surface area (TPSA) is 30.5 Å². The molecule has 15 heavy (non-hydrogen) atoms. The summed E-state index contributed by atoms with van der Waals surface area (Å²) in [6.07, 6.45) is 2.28. The van der Waals surface area contributed by atoms with E-state index < -0.39 is 0 Å². The van der Waals surface area contributed by atoms with Gasteiger partial charge < -0.3 is 14.8 Å². The third kappa shape index (κ3) is 4.49. The maximum Gasteiger partial charge on any atom is 0.0536 e. The van der Waals surface area contributed by atoms with Crippen molar-refractivity contribution < 1.29 is 9.47 Å². The van der Waals surface area contributed by atoms with Gasteiger partial charge >= 0.3 is 0 Å². The van der Waals surface area contributed by atoms with Gasteiger partial charge in [0, 0.05) is 31.8 Å². The summed E-state index contributed by atoms with van der Waals surface area (Å²) in [5, 5.41) is 3.26. The van der Waals surface area contributed by atoms with E-state index in [-0.39, 0.29) is 0 Å². The van der Waals surface area contributed by atoms with Crippen LogP contribution >= 0.6 is 0 Å². The standard InChI is InChI=1S/C12H25NO2/c1-11(2)8-14-6-4-12(9-13-3)5-7-15-10-12/h11,13H,4-10H2,1-3H3. The molecule has 3 nitrogen and oxygen atoms in total. The first kappa shape index (κ1) is 12.9. The third-order valence-corrected chi connectivity index (χ3v) is 2.96. The van der Waals surface area contributed by atoms with Crippen LogP contribution in [0.5, 0.6) is 0 Å². The van der Waals surface area contributed by atoms with E-state index in [4.69, 9.17) is 9.47 Å². The van der Waals surface area contributed by atoms with E-state index in [1.165, 1.54) is 6.42 Å². The summed E-state index contributed by atoms with van der Waals surface area (Å²) < 4.78 is 11.1. The number of rotatable bonds is 7. The third-order valence-electron chi connectivity index (χ3n) is 2.96. The minimum absolute atomic E-state index is 0.325.